The fourth-order valence-electron chi connectivity index (χ4n) is 1.09. The van der Waals surface area contributed by atoms with Gasteiger partial charge in [-0.2, -0.15) is 0 Å². The number of rotatable bonds is 3. The molecule has 14 heavy (non-hydrogen) atoms. The number of aryl methyl sites for hydroxylation is 2. The molecule has 0 spiro atoms. The van der Waals surface area contributed by atoms with Crippen molar-refractivity contribution in [3.05, 3.63) is 34.7 Å². The van der Waals surface area contributed by atoms with Gasteiger partial charge in [-0.3, -0.25) is 0 Å². The Morgan fingerprint density at radius 1 is 1.43 bits per heavy atom. The quantitative estimate of drug-likeness (QED) is 0.779. The van der Waals surface area contributed by atoms with Crippen LogP contribution in [0.25, 0.3) is 0 Å². The maximum absolute atomic E-state index is 5.44. The Balaban J connectivity index is 1.94. The average Bonchev–Trinajstić information content (AvgIpc) is 2.72. The van der Waals surface area contributed by atoms with Crippen LogP contribution in [0.2, 0.25) is 0 Å². The Labute approximate surface area is 86.4 Å². The van der Waals surface area contributed by atoms with Crippen molar-refractivity contribution in [1.82, 2.24) is 4.98 Å². The van der Waals surface area contributed by atoms with Crippen LogP contribution in [-0.2, 0) is 6.61 Å². The minimum atomic E-state index is 0.445. The van der Waals surface area contributed by atoms with Gasteiger partial charge in [-0.05, 0) is 26.0 Å². The van der Waals surface area contributed by atoms with E-state index in [1.807, 2.05) is 31.4 Å². The molecule has 0 aromatic carbocycles. The molecule has 0 aliphatic rings. The monoisotopic (exact) mass is 209 g/mol. The lowest BCUT2D eigenvalue weighted by molar-refractivity contribution is 0.266. The normalized spacial score (nSPS) is 10.4. The molecule has 0 amide bonds. The Bertz CT molecular complexity index is 379. The van der Waals surface area contributed by atoms with Gasteiger partial charge < -0.3 is 9.15 Å². The number of ether oxygens (including phenoxy) is 1. The molecule has 0 bridgehead atoms. The van der Waals surface area contributed by atoms with E-state index in [0.717, 1.165) is 17.2 Å². The highest BCUT2D eigenvalue weighted by Crippen LogP contribution is 2.19. The SMILES string of the molecule is Cc1csc(OCc2ccc(C)o2)n1. The van der Waals surface area contributed by atoms with Crippen molar-refractivity contribution in [2.75, 3.05) is 0 Å². The molecule has 4 heteroatoms. The second-order valence-corrected chi connectivity index (χ2v) is 3.88. The summed E-state index contributed by atoms with van der Waals surface area (Å²) in [6, 6.07) is 3.83. The summed E-state index contributed by atoms with van der Waals surface area (Å²) in [6.07, 6.45) is 0. The second kappa shape index (κ2) is 3.84. The fraction of sp³-hybridized carbons (Fsp3) is 0.300. The van der Waals surface area contributed by atoms with Crippen LogP contribution >= 0.6 is 11.3 Å². The average molecular weight is 209 g/mol. The molecule has 2 heterocycles. The lowest BCUT2D eigenvalue weighted by Crippen LogP contribution is -1.92. The van der Waals surface area contributed by atoms with Crippen LogP contribution in [0.15, 0.2) is 21.9 Å². The third-order valence-corrected chi connectivity index (χ3v) is 2.60. The zero-order chi connectivity index (χ0) is 9.97. The first-order valence-electron chi connectivity index (χ1n) is 4.34. The number of hydrogen-bond acceptors (Lipinski definition) is 4. The number of nitrogens with zero attached hydrogens (tertiary/aromatic N) is 1. The maximum atomic E-state index is 5.44. The number of aromatic nitrogens is 1. The summed E-state index contributed by atoms with van der Waals surface area (Å²) in [6.45, 7) is 4.30. The minimum absolute atomic E-state index is 0.445. The van der Waals surface area contributed by atoms with Gasteiger partial charge >= 0.3 is 0 Å². The lowest BCUT2D eigenvalue weighted by Gasteiger charge is -1.97. The molecule has 0 N–H and O–H groups in total. The smallest absolute Gasteiger partial charge is 0.273 e. The predicted molar refractivity (Wildman–Crippen MR) is 54.6 cm³/mol. The van der Waals surface area contributed by atoms with E-state index in [4.69, 9.17) is 9.15 Å². The molecular weight excluding hydrogens is 198 g/mol. The zero-order valence-corrected chi connectivity index (χ0v) is 8.93. The van der Waals surface area contributed by atoms with Crippen LogP contribution in [0.5, 0.6) is 5.19 Å². The summed E-state index contributed by atoms with van der Waals surface area (Å²) in [5.41, 5.74) is 0.987. The zero-order valence-electron chi connectivity index (χ0n) is 8.11. The Hall–Kier alpha value is -1.29. The van der Waals surface area contributed by atoms with E-state index in [2.05, 4.69) is 4.98 Å². The minimum Gasteiger partial charge on any atom is -0.463 e. The molecule has 0 atom stereocenters. The van der Waals surface area contributed by atoms with Gasteiger partial charge in [-0.1, -0.05) is 11.3 Å². The summed E-state index contributed by atoms with van der Waals surface area (Å²) in [5, 5.41) is 2.65. The van der Waals surface area contributed by atoms with Gasteiger partial charge in [0.15, 0.2) is 0 Å². The van der Waals surface area contributed by atoms with Gasteiger partial charge in [0.05, 0.1) is 5.69 Å². The van der Waals surface area contributed by atoms with E-state index < -0.39 is 0 Å². The molecule has 0 fully saturated rings. The summed E-state index contributed by atoms with van der Waals surface area (Å²) < 4.78 is 10.8. The third kappa shape index (κ3) is 2.14. The van der Waals surface area contributed by atoms with Gasteiger partial charge in [0, 0.05) is 5.38 Å². The Morgan fingerprint density at radius 3 is 2.86 bits per heavy atom. The molecule has 0 aliphatic heterocycles. The molecule has 0 aliphatic carbocycles. The highest BCUT2D eigenvalue weighted by atomic mass is 32.1. The molecule has 2 aromatic heterocycles. The lowest BCUT2D eigenvalue weighted by atomic mass is 10.4. The Morgan fingerprint density at radius 2 is 2.29 bits per heavy atom. The van der Waals surface area contributed by atoms with E-state index >= 15 is 0 Å². The first-order chi connectivity index (χ1) is 6.74. The summed E-state index contributed by atoms with van der Waals surface area (Å²) in [5.74, 6) is 1.73. The maximum Gasteiger partial charge on any atom is 0.273 e. The summed E-state index contributed by atoms with van der Waals surface area (Å²) >= 11 is 1.50. The first-order valence-corrected chi connectivity index (χ1v) is 5.22. The summed E-state index contributed by atoms with van der Waals surface area (Å²) in [7, 11) is 0. The predicted octanol–water partition coefficient (Wildman–Crippen LogP) is 2.93. The van der Waals surface area contributed by atoms with E-state index in [1.54, 1.807) is 0 Å². The van der Waals surface area contributed by atoms with Gasteiger partial charge in [-0.25, -0.2) is 4.98 Å². The molecule has 0 saturated carbocycles. The van der Waals surface area contributed by atoms with E-state index in [0.29, 0.717) is 11.8 Å². The van der Waals surface area contributed by atoms with Crippen molar-refractivity contribution >= 4 is 11.3 Å². The van der Waals surface area contributed by atoms with Gasteiger partial charge in [-0.15, -0.1) is 0 Å². The Kier molecular flexibility index (Phi) is 2.54. The summed E-state index contributed by atoms with van der Waals surface area (Å²) in [4.78, 5) is 4.19. The van der Waals surface area contributed by atoms with Crippen LogP contribution in [0.1, 0.15) is 17.2 Å². The van der Waals surface area contributed by atoms with Crippen LogP contribution in [0, 0.1) is 13.8 Å². The van der Waals surface area contributed by atoms with Crippen molar-refractivity contribution < 1.29 is 9.15 Å². The van der Waals surface area contributed by atoms with Crippen LogP contribution in [-0.4, -0.2) is 4.98 Å². The van der Waals surface area contributed by atoms with Crippen molar-refractivity contribution in [2.45, 2.75) is 20.5 Å². The standard InChI is InChI=1S/C10H11NO2S/c1-7-6-14-10(11-7)12-5-9-4-3-8(2)13-9/h3-4,6H,5H2,1-2H3. The molecule has 3 nitrogen and oxygen atoms in total. The van der Waals surface area contributed by atoms with Crippen molar-refractivity contribution in [2.24, 2.45) is 0 Å². The van der Waals surface area contributed by atoms with E-state index in [9.17, 15) is 0 Å². The van der Waals surface area contributed by atoms with Crippen molar-refractivity contribution in [1.29, 1.82) is 0 Å². The number of thiazole rings is 1. The molecule has 74 valence electrons. The molecule has 0 unspecified atom stereocenters. The topological polar surface area (TPSA) is 35.3 Å². The van der Waals surface area contributed by atoms with Gasteiger partial charge in [0.1, 0.15) is 18.1 Å². The molecule has 2 rings (SSSR count). The van der Waals surface area contributed by atoms with Gasteiger partial charge in [0.2, 0.25) is 0 Å². The van der Waals surface area contributed by atoms with Crippen molar-refractivity contribution in [3.8, 4) is 5.19 Å². The highest BCUT2D eigenvalue weighted by Gasteiger charge is 2.02. The highest BCUT2D eigenvalue weighted by molar-refractivity contribution is 7.11. The van der Waals surface area contributed by atoms with Crippen LogP contribution < -0.4 is 4.74 Å². The van der Waals surface area contributed by atoms with Crippen LogP contribution in [0.3, 0.4) is 0 Å². The molecule has 2 aromatic rings. The number of furan rings is 1. The molecular formula is C10H11NO2S. The van der Waals surface area contributed by atoms with Crippen LogP contribution in [0.4, 0.5) is 0 Å². The van der Waals surface area contributed by atoms with Crippen molar-refractivity contribution in [3.63, 3.8) is 0 Å². The van der Waals surface area contributed by atoms with E-state index in [-0.39, 0.29) is 0 Å². The van der Waals surface area contributed by atoms with Gasteiger partial charge in [0.25, 0.3) is 5.19 Å². The van der Waals surface area contributed by atoms with E-state index in [1.165, 1.54) is 11.3 Å². The fourth-order valence-corrected chi connectivity index (χ4v) is 1.74. The largest absolute Gasteiger partial charge is 0.463 e. The molecule has 0 saturated heterocycles. The number of hydrogen-bond donors (Lipinski definition) is 0. The third-order valence-electron chi connectivity index (χ3n) is 1.73. The second-order valence-electron chi connectivity index (χ2n) is 3.06. The molecule has 0 radical (unpaired) electrons. The first kappa shape index (κ1) is 9.27.